The summed E-state index contributed by atoms with van der Waals surface area (Å²) in [6.07, 6.45) is 0. The molecule has 0 bridgehead atoms. The van der Waals surface area contributed by atoms with Crippen LogP contribution >= 0.6 is 11.6 Å². The van der Waals surface area contributed by atoms with E-state index in [1.54, 1.807) is 31.4 Å². The molecule has 0 aliphatic carbocycles. The molecule has 120 valence electrons. The second-order valence-electron chi connectivity index (χ2n) is 4.44. The number of carbonyl (C=O) groups excluding carboxylic acids is 1. The first-order valence-corrected chi connectivity index (χ1v) is 6.88. The van der Waals surface area contributed by atoms with Crippen molar-refractivity contribution in [3.8, 4) is 11.5 Å². The first-order valence-electron chi connectivity index (χ1n) is 6.50. The van der Waals surface area contributed by atoms with Gasteiger partial charge in [-0.2, -0.15) is 0 Å². The van der Waals surface area contributed by atoms with E-state index in [2.05, 4.69) is 5.32 Å². The number of hydrogen-bond donors (Lipinski definition) is 1. The van der Waals surface area contributed by atoms with Crippen molar-refractivity contribution in [3.05, 3.63) is 57.6 Å². The minimum atomic E-state index is -0.619. The summed E-state index contributed by atoms with van der Waals surface area (Å²) in [6.45, 7) is -0.233. The van der Waals surface area contributed by atoms with E-state index in [4.69, 9.17) is 21.1 Å². The van der Waals surface area contributed by atoms with Crippen LogP contribution < -0.4 is 14.8 Å². The fourth-order valence-electron chi connectivity index (χ4n) is 1.75. The van der Waals surface area contributed by atoms with Gasteiger partial charge in [0.25, 0.3) is 11.6 Å². The summed E-state index contributed by atoms with van der Waals surface area (Å²) in [4.78, 5) is 22.0. The highest BCUT2D eigenvalue weighted by atomic mass is 35.5. The molecule has 0 aliphatic rings. The number of anilines is 1. The van der Waals surface area contributed by atoms with Gasteiger partial charge in [0.15, 0.2) is 6.61 Å². The molecule has 0 saturated heterocycles. The molecule has 7 nitrogen and oxygen atoms in total. The van der Waals surface area contributed by atoms with Gasteiger partial charge >= 0.3 is 0 Å². The lowest BCUT2D eigenvalue weighted by molar-refractivity contribution is -0.384. The molecule has 0 aliphatic heterocycles. The third-order valence-corrected chi connectivity index (χ3v) is 3.18. The molecule has 1 amide bonds. The second-order valence-corrected chi connectivity index (χ2v) is 4.84. The molecule has 8 heteroatoms. The van der Waals surface area contributed by atoms with Crippen molar-refractivity contribution in [1.29, 1.82) is 0 Å². The van der Waals surface area contributed by atoms with E-state index in [0.717, 1.165) is 0 Å². The zero-order chi connectivity index (χ0) is 16.8. The monoisotopic (exact) mass is 336 g/mol. The lowest BCUT2D eigenvalue weighted by Crippen LogP contribution is -2.20. The summed E-state index contributed by atoms with van der Waals surface area (Å²) in [6, 6.07) is 10.7. The Morgan fingerprint density at radius 3 is 2.48 bits per heavy atom. The topological polar surface area (TPSA) is 90.7 Å². The minimum absolute atomic E-state index is 0.00230. The van der Waals surface area contributed by atoms with Crippen LogP contribution in [0, 0.1) is 10.1 Å². The van der Waals surface area contributed by atoms with Crippen LogP contribution in [0.25, 0.3) is 0 Å². The highest BCUT2D eigenvalue weighted by Gasteiger charge is 2.14. The molecule has 0 aromatic heterocycles. The molecular formula is C15H13ClN2O5. The lowest BCUT2D eigenvalue weighted by atomic mass is 10.3. The Kier molecular flexibility index (Phi) is 5.37. The van der Waals surface area contributed by atoms with Crippen molar-refractivity contribution in [3.63, 3.8) is 0 Å². The summed E-state index contributed by atoms with van der Waals surface area (Å²) in [5.41, 5.74) is -0.00929. The number of rotatable bonds is 6. The SMILES string of the molecule is COc1ccc(OCC(=O)Nc2ccc(Cl)c([N+](=O)[O-])c2)cc1. The molecule has 0 atom stereocenters. The van der Waals surface area contributed by atoms with Crippen LogP contribution in [0.15, 0.2) is 42.5 Å². The Hall–Kier alpha value is -2.80. The summed E-state index contributed by atoms with van der Waals surface area (Å²) < 4.78 is 10.3. The first kappa shape index (κ1) is 16.6. The van der Waals surface area contributed by atoms with E-state index in [1.807, 2.05) is 0 Å². The number of ether oxygens (including phenoxy) is 2. The summed E-state index contributed by atoms with van der Waals surface area (Å²) in [5.74, 6) is 0.732. The van der Waals surface area contributed by atoms with Crippen LogP contribution in [0.4, 0.5) is 11.4 Å². The van der Waals surface area contributed by atoms with E-state index in [0.29, 0.717) is 11.5 Å². The van der Waals surface area contributed by atoms with E-state index < -0.39 is 10.8 Å². The van der Waals surface area contributed by atoms with Crippen molar-refractivity contribution >= 4 is 28.9 Å². The highest BCUT2D eigenvalue weighted by Crippen LogP contribution is 2.27. The van der Waals surface area contributed by atoms with Gasteiger partial charge in [-0.1, -0.05) is 11.6 Å². The molecule has 2 aromatic carbocycles. The normalized spacial score (nSPS) is 10.0. The molecule has 23 heavy (non-hydrogen) atoms. The fourth-order valence-corrected chi connectivity index (χ4v) is 1.93. The van der Waals surface area contributed by atoms with Gasteiger partial charge in [0.1, 0.15) is 16.5 Å². The number of methoxy groups -OCH3 is 1. The van der Waals surface area contributed by atoms with Gasteiger partial charge in [-0.3, -0.25) is 14.9 Å². The number of nitro benzene ring substituents is 1. The van der Waals surface area contributed by atoms with Gasteiger partial charge in [-0.15, -0.1) is 0 Å². The second kappa shape index (κ2) is 7.46. The highest BCUT2D eigenvalue weighted by molar-refractivity contribution is 6.32. The molecule has 0 fully saturated rings. The van der Waals surface area contributed by atoms with Crippen molar-refractivity contribution in [2.24, 2.45) is 0 Å². The molecule has 0 radical (unpaired) electrons. The molecule has 2 aromatic rings. The maximum Gasteiger partial charge on any atom is 0.289 e. The standard InChI is InChI=1S/C15H13ClN2O5/c1-22-11-3-5-12(6-4-11)23-9-15(19)17-10-2-7-13(16)14(8-10)18(20)21/h2-8H,9H2,1H3,(H,17,19). The number of benzene rings is 2. The lowest BCUT2D eigenvalue weighted by Gasteiger charge is -2.08. The van der Waals surface area contributed by atoms with Crippen LogP contribution in [0.2, 0.25) is 5.02 Å². The Bertz CT molecular complexity index is 718. The Labute approximate surface area is 136 Å². The van der Waals surface area contributed by atoms with E-state index in [-0.39, 0.29) is 23.0 Å². The summed E-state index contributed by atoms with van der Waals surface area (Å²) in [7, 11) is 1.55. The van der Waals surface area contributed by atoms with Crippen molar-refractivity contribution in [1.82, 2.24) is 0 Å². The van der Waals surface area contributed by atoms with Crippen LogP contribution in [0.1, 0.15) is 0 Å². The van der Waals surface area contributed by atoms with E-state index >= 15 is 0 Å². The number of nitrogens with zero attached hydrogens (tertiary/aromatic N) is 1. The molecule has 0 spiro atoms. The Balaban J connectivity index is 1.94. The third kappa shape index (κ3) is 4.58. The number of carbonyl (C=O) groups is 1. The van der Waals surface area contributed by atoms with Crippen LogP contribution in [-0.4, -0.2) is 24.5 Å². The first-order chi connectivity index (χ1) is 11.0. The number of nitrogens with one attached hydrogen (secondary N) is 1. The maximum absolute atomic E-state index is 11.8. The van der Waals surface area contributed by atoms with Gasteiger partial charge in [-0.25, -0.2) is 0 Å². The zero-order valence-electron chi connectivity index (χ0n) is 12.1. The molecule has 2 rings (SSSR count). The average molecular weight is 337 g/mol. The zero-order valence-corrected chi connectivity index (χ0v) is 12.9. The quantitative estimate of drug-likeness (QED) is 0.645. The largest absolute Gasteiger partial charge is 0.497 e. The minimum Gasteiger partial charge on any atom is -0.497 e. The maximum atomic E-state index is 11.8. The van der Waals surface area contributed by atoms with E-state index in [9.17, 15) is 14.9 Å². The summed E-state index contributed by atoms with van der Waals surface area (Å²) in [5, 5.41) is 13.3. The van der Waals surface area contributed by atoms with E-state index in [1.165, 1.54) is 18.2 Å². The van der Waals surface area contributed by atoms with Crippen molar-refractivity contribution < 1.29 is 19.2 Å². The molecule has 0 heterocycles. The van der Waals surface area contributed by atoms with Gasteiger partial charge in [-0.05, 0) is 36.4 Å². The smallest absolute Gasteiger partial charge is 0.289 e. The van der Waals surface area contributed by atoms with Gasteiger partial charge in [0, 0.05) is 11.8 Å². The van der Waals surface area contributed by atoms with Gasteiger partial charge in [0.05, 0.1) is 12.0 Å². The third-order valence-electron chi connectivity index (χ3n) is 2.86. The van der Waals surface area contributed by atoms with Crippen molar-refractivity contribution in [2.75, 3.05) is 19.0 Å². The Morgan fingerprint density at radius 2 is 1.87 bits per heavy atom. The Morgan fingerprint density at radius 1 is 1.22 bits per heavy atom. The fraction of sp³-hybridized carbons (Fsp3) is 0.133. The molecule has 0 saturated carbocycles. The molecule has 0 unspecified atom stereocenters. The molecule has 1 N–H and O–H groups in total. The molecular weight excluding hydrogens is 324 g/mol. The number of halogens is 1. The predicted molar refractivity (Wildman–Crippen MR) is 85.2 cm³/mol. The van der Waals surface area contributed by atoms with Crippen molar-refractivity contribution in [2.45, 2.75) is 0 Å². The number of nitro groups is 1. The average Bonchev–Trinajstić information content (AvgIpc) is 2.55. The van der Waals surface area contributed by atoms with Gasteiger partial charge in [0.2, 0.25) is 0 Å². The van der Waals surface area contributed by atoms with Crippen LogP contribution in [0.3, 0.4) is 0 Å². The van der Waals surface area contributed by atoms with Crippen LogP contribution in [-0.2, 0) is 4.79 Å². The van der Waals surface area contributed by atoms with Crippen LogP contribution in [0.5, 0.6) is 11.5 Å². The predicted octanol–water partition coefficient (Wildman–Crippen LogP) is 3.27. The van der Waals surface area contributed by atoms with Gasteiger partial charge < -0.3 is 14.8 Å². The number of amides is 1. The summed E-state index contributed by atoms with van der Waals surface area (Å²) >= 11 is 5.70. The number of hydrogen-bond acceptors (Lipinski definition) is 5.